The molecule has 11 heteroatoms. The minimum Gasteiger partial charge on any atom is -0.390 e. The zero-order chi connectivity index (χ0) is 25.9. The average Bonchev–Trinajstić information content (AvgIpc) is 3.61. The second-order valence-electron chi connectivity index (χ2n) is 13.0. The summed E-state index contributed by atoms with van der Waals surface area (Å²) < 4.78 is 11.5. The molecule has 7 atom stereocenters. The van der Waals surface area contributed by atoms with Crippen molar-refractivity contribution in [1.29, 1.82) is 0 Å². The van der Waals surface area contributed by atoms with Crippen molar-refractivity contribution in [3.63, 3.8) is 0 Å². The van der Waals surface area contributed by atoms with E-state index in [2.05, 4.69) is 63.2 Å². The first-order valence-electron chi connectivity index (χ1n) is 14.5. The van der Waals surface area contributed by atoms with Crippen LogP contribution in [-0.4, -0.2) is 164 Å². The Kier molecular flexibility index (Phi) is 7.61. The fourth-order valence-electron chi connectivity index (χ4n) is 7.68. The van der Waals surface area contributed by atoms with Gasteiger partial charge < -0.3 is 24.4 Å². The number of nitrogens with one attached hydrogen (secondary N) is 1. The van der Waals surface area contributed by atoms with Gasteiger partial charge in [0.05, 0.1) is 31.6 Å². The number of nitrogens with zero attached hydrogens (tertiary/aromatic N) is 7. The summed E-state index contributed by atoms with van der Waals surface area (Å²) in [6.45, 7) is 11.2. The first kappa shape index (κ1) is 26.8. The van der Waals surface area contributed by atoms with Crippen LogP contribution in [0.2, 0.25) is 0 Å². The van der Waals surface area contributed by atoms with Crippen LogP contribution in [-0.2, 0) is 9.47 Å². The minimum atomic E-state index is -0.356. The topological polar surface area (TPSA) is 76.7 Å². The summed E-state index contributed by atoms with van der Waals surface area (Å²) in [4.78, 5) is 9.96. The highest BCUT2D eigenvalue weighted by molar-refractivity contribution is 4.99. The van der Waals surface area contributed by atoms with Crippen molar-refractivity contribution >= 4 is 0 Å². The molecule has 0 radical (unpaired) electrons. The molecule has 2 N–H and O–H groups in total. The number of likely N-dealkylation sites (N-methyl/N-ethyl adjacent to an activating group) is 2. The maximum atomic E-state index is 11.4. The van der Waals surface area contributed by atoms with Gasteiger partial charge in [-0.3, -0.25) is 9.80 Å². The van der Waals surface area contributed by atoms with Gasteiger partial charge in [0.25, 0.3) is 0 Å². The van der Waals surface area contributed by atoms with Crippen LogP contribution in [0.4, 0.5) is 0 Å². The number of piperidine rings is 2. The highest BCUT2D eigenvalue weighted by Crippen LogP contribution is 2.44. The van der Waals surface area contributed by atoms with E-state index >= 15 is 0 Å². The molecule has 6 heterocycles. The maximum absolute atomic E-state index is 11.4. The molecule has 6 saturated heterocycles. The molecule has 6 aliphatic rings. The fourth-order valence-corrected chi connectivity index (χ4v) is 7.68. The van der Waals surface area contributed by atoms with Crippen LogP contribution >= 0.6 is 0 Å². The summed E-state index contributed by atoms with van der Waals surface area (Å²) >= 11 is 0. The van der Waals surface area contributed by atoms with Gasteiger partial charge in [-0.15, -0.1) is 0 Å². The molecule has 0 aromatic rings. The highest BCUT2D eigenvalue weighted by Gasteiger charge is 2.53. The van der Waals surface area contributed by atoms with E-state index in [9.17, 15) is 5.11 Å². The van der Waals surface area contributed by atoms with Gasteiger partial charge >= 0.3 is 0 Å². The molecule has 212 valence electrons. The van der Waals surface area contributed by atoms with Gasteiger partial charge in [0.1, 0.15) is 6.10 Å². The van der Waals surface area contributed by atoms with Crippen LogP contribution in [0.5, 0.6) is 0 Å². The number of β-amino-alcohol motifs (C(OH)–C–C–N with tert-alkyl or cyclic N) is 1. The Morgan fingerprint density at radius 2 is 1.70 bits per heavy atom. The van der Waals surface area contributed by atoms with Gasteiger partial charge in [0, 0.05) is 45.7 Å². The zero-order valence-corrected chi connectivity index (χ0v) is 23.6. The Labute approximate surface area is 223 Å². The quantitative estimate of drug-likeness (QED) is 0.452. The Morgan fingerprint density at radius 3 is 2.38 bits per heavy atom. The first-order chi connectivity index (χ1) is 17.7. The third kappa shape index (κ3) is 5.35. The van der Waals surface area contributed by atoms with E-state index in [-0.39, 0.29) is 24.6 Å². The van der Waals surface area contributed by atoms with Gasteiger partial charge in [-0.1, -0.05) is 6.92 Å². The summed E-state index contributed by atoms with van der Waals surface area (Å²) in [5.41, 5.74) is 3.93. The number of hydrogen-bond donors (Lipinski definition) is 2. The standard InChI is InChI=1S/C26H50N8O3/c1-19-21(17-36-25-24(19)37-25)33-12-8-26(9-13-33)6-10-32(11-7-26)15-22(35)20-14-28(2)16-23(30(20)4)34-18-29(3)31(5)27-34/h19-25,27,35H,6-18H2,1-5H3. The number of rotatable bonds is 5. The molecule has 0 bridgehead atoms. The number of ether oxygens (including phenoxy) is 2. The predicted molar refractivity (Wildman–Crippen MR) is 141 cm³/mol. The molecule has 0 saturated carbocycles. The lowest BCUT2D eigenvalue weighted by atomic mass is 9.70. The number of hydrazine groups is 3. The third-order valence-electron chi connectivity index (χ3n) is 10.6. The van der Waals surface area contributed by atoms with E-state index in [0.717, 1.165) is 46.0 Å². The van der Waals surface area contributed by atoms with Crippen LogP contribution in [0.3, 0.4) is 0 Å². The number of likely N-dealkylation sites (tertiary alicyclic amines) is 2. The summed E-state index contributed by atoms with van der Waals surface area (Å²) in [7, 11) is 8.48. The van der Waals surface area contributed by atoms with Crippen molar-refractivity contribution in [3.05, 3.63) is 0 Å². The lowest BCUT2D eigenvalue weighted by molar-refractivity contribution is -0.0970. The normalized spacial score (nSPS) is 42.3. The lowest BCUT2D eigenvalue weighted by Crippen LogP contribution is -2.67. The Morgan fingerprint density at radius 1 is 1.00 bits per heavy atom. The molecule has 37 heavy (non-hydrogen) atoms. The summed E-state index contributed by atoms with van der Waals surface area (Å²) in [5, 5.41) is 17.8. The number of aliphatic hydroxyl groups is 1. The van der Waals surface area contributed by atoms with Crippen molar-refractivity contribution in [2.24, 2.45) is 11.3 Å². The summed E-state index contributed by atoms with van der Waals surface area (Å²) in [5.74, 6) is 0.579. The summed E-state index contributed by atoms with van der Waals surface area (Å²) in [6.07, 6.45) is 5.39. The highest BCUT2D eigenvalue weighted by atomic mass is 16.8. The van der Waals surface area contributed by atoms with Crippen molar-refractivity contribution in [2.75, 3.05) is 87.3 Å². The van der Waals surface area contributed by atoms with Gasteiger partial charge in [0.2, 0.25) is 0 Å². The molecular formula is C26H50N8O3. The predicted octanol–water partition coefficient (Wildman–Crippen LogP) is -0.672. The molecule has 0 aliphatic carbocycles. The van der Waals surface area contributed by atoms with Crippen molar-refractivity contribution < 1.29 is 14.6 Å². The average molecular weight is 523 g/mol. The van der Waals surface area contributed by atoms with E-state index in [1.807, 2.05) is 12.2 Å². The van der Waals surface area contributed by atoms with Crippen LogP contribution < -0.4 is 5.53 Å². The molecular weight excluding hydrogens is 472 g/mol. The Bertz CT molecular complexity index is 780. The third-order valence-corrected chi connectivity index (χ3v) is 10.6. The zero-order valence-electron chi connectivity index (χ0n) is 23.6. The Hall–Kier alpha value is -0.440. The molecule has 1 spiro atoms. The molecule has 6 aliphatic heterocycles. The molecule has 7 unspecified atom stereocenters. The van der Waals surface area contributed by atoms with Crippen molar-refractivity contribution in [3.8, 4) is 0 Å². The number of aliphatic hydroxyl groups excluding tert-OH is 1. The molecule has 11 nitrogen and oxygen atoms in total. The van der Waals surface area contributed by atoms with Gasteiger partial charge in [-0.2, -0.15) is 15.7 Å². The van der Waals surface area contributed by atoms with Crippen molar-refractivity contribution in [2.45, 2.75) is 69.4 Å². The van der Waals surface area contributed by atoms with E-state index in [1.54, 1.807) is 0 Å². The van der Waals surface area contributed by atoms with Crippen LogP contribution in [0.1, 0.15) is 32.6 Å². The Balaban J connectivity index is 0.981. The molecule has 6 fully saturated rings. The first-order valence-corrected chi connectivity index (χ1v) is 14.5. The largest absolute Gasteiger partial charge is 0.390 e. The number of epoxide rings is 1. The number of hydrogen-bond acceptors (Lipinski definition) is 11. The second kappa shape index (κ2) is 10.5. The van der Waals surface area contributed by atoms with E-state index < -0.39 is 0 Å². The fraction of sp³-hybridized carbons (Fsp3) is 1.00. The molecule has 0 aromatic heterocycles. The monoisotopic (exact) mass is 522 g/mol. The summed E-state index contributed by atoms with van der Waals surface area (Å²) in [6, 6.07) is 0.637. The van der Waals surface area contributed by atoms with Crippen LogP contribution in [0.15, 0.2) is 0 Å². The maximum Gasteiger partial charge on any atom is 0.184 e. The van der Waals surface area contributed by atoms with Gasteiger partial charge in [0.15, 0.2) is 6.29 Å². The van der Waals surface area contributed by atoms with Crippen molar-refractivity contribution in [1.82, 2.24) is 40.3 Å². The molecule has 0 amide bonds. The van der Waals surface area contributed by atoms with Crippen LogP contribution in [0.25, 0.3) is 0 Å². The van der Waals surface area contributed by atoms with E-state index in [0.29, 0.717) is 23.5 Å². The minimum absolute atomic E-state index is 0.0852. The van der Waals surface area contributed by atoms with E-state index in [1.165, 1.54) is 38.8 Å². The van der Waals surface area contributed by atoms with Gasteiger partial charge in [-0.05, 0) is 71.4 Å². The lowest BCUT2D eigenvalue weighted by Gasteiger charge is -2.51. The van der Waals surface area contributed by atoms with Crippen LogP contribution in [0, 0.1) is 11.3 Å². The van der Waals surface area contributed by atoms with E-state index in [4.69, 9.17) is 9.47 Å². The van der Waals surface area contributed by atoms with Gasteiger partial charge in [-0.25, -0.2) is 5.01 Å². The smallest absolute Gasteiger partial charge is 0.184 e. The number of fused-ring (bicyclic) bond motifs is 1. The second-order valence-corrected chi connectivity index (χ2v) is 13.0. The number of piperazine rings is 1. The molecule has 0 aromatic carbocycles. The SMILES string of the molecule is CC1C2OC2OCC1N1CCC2(CCN(CC(O)C3CN(C)CC(N4CN(C)N(C)N4)N3C)CC2)CC1. The molecule has 6 rings (SSSR count).